The smallest absolute Gasteiger partial charge is 0.250 e. The van der Waals surface area contributed by atoms with Crippen LogP contribution >= 0.6 is 0 Å². The zero-order valence-electron chi connectivity index (χ0n) is 22.0. The molecular formula is C32H28FN3O3S. The SMILES string of the molecule is CNCC#Cc1cc(NC(=O)/C=C(\Nc2ccccc2)c2ccccc2)c(C)cc1S(=O)(=O)c1ccc(F)cc1. The van der Waals surface area contributed by atoms with Crippen molar-refractivity contribution in [2.75, 3.05) is 24.2 Å². The minimum absolute atomic E-state index is 0.0236. The summed E-state index contributed by atoms with van der Waals surface area (Å²) in [6.07, 6.45) is 1.46. The van der Waals surface area contributed by atoms with Crippen molar-refractivity contribution in [1.82, 2.24) is 5.32 Å². The second-order valence-corrected chi connectivity index (χ2v) is 10.8. The van der Waals surface area contributed by atoms with Crippen LogP contribution in [0.5, 0.6) is 0 Å². The molecule has 0 unspecified atom stereocenters. The fraction of sp³-hybridized carbons (Fsp3) is 0.0938. The topological polar surface area (TPSA) is 87.3 Å². The fourth-order valence-corrected chi connectivity index (χ4v) is 5.37. The second-order valence-electron chi connectivity index (χ2n) is 8.86. The van der Waals surface area contributed by atoms with E-state index in [1.54, 1.807) is 20.0 Å². The maximum absolute atomic E-state index is 13.4. The number of carbonyl (C=O) groups is 1. The molecule has 0 aliphatic heterocycles. The third kappa shape index (κ3) is 7.03. The first kappa shape index (κ1) is 28.3. The van der Waals surface area contributed by atoms with Crippen LogP contribution in [0.25, 0.3) is 5.70 Å². The molecule has 0 aliphatic rings. The highest BCUT2D eigenvalue weighted by atomic mass is 32.2. The van der Waals surface area contributed by atoms with Gasteiger partial charge in [-0.05, 0) is 73.6 Å². The van der Waals surface area contributed by atoms with Gasteiger partial charge in [0.1, 0.15) is 5.82 Å². The molecule has 6 nitrogen and oxygen atoms in total. The molecule has 8 heteroatoms. The molecule has 0 aromatic heterocycles. The van der Waals surface area contributed by atoms with E-state index in [0.717, 1.165) is 23.4 Å². The maximum Gasteiger partial charge on any atom is 0.250 e. The molecule has 0 bridgehead atoms. The molecule has 202 valence electrons. The number of aryl methyl sites for hydroxylation is 1. The summed E-state index contributed by atoms with van der Waals surface area (Å²) in [7, 11) is -2.28. The Balaban J connectivity index is 1.71. The number of benzene rings is 4. The molecular weight excluding hydrogens is 525 g/mol. The molecule has 0 spiro atoms. The average molecular weight is 554 g/mol. The highest BCUT2D eigenvalue weighted by Gasteiger charge is 2.23. The van der Waals surface area contributed by atoms with Crippen molar-refractivity contribution in [3.63, 3.8) is 0 Å². The van der Waals surface area contributed by atoms with Crippen LogP contribution in [-0.2, 0) is 14.6 Å². The number of para-hydroxylation sites is 1. The number of amides is 1. The van der Waals surface area contributed by atoms with Crippen molar-refractivity contribution >= 4 is 32.8 Å². The normalized spacial score (nSPS) is 11.3. The van der Waals surface area contributed by atoms with Crippen molar-refractivity contribution < 1.29 is 17.6 Å². The van der Waals surface area contributed by atoms with E-state index in [0.29, 0.717) is 23.5 Å². The predicted octanol–water partition coefficient (Wildman–Crippen LogP) is 5.63. The number of hydrogen-bond donors (Lipinski definition) is 3. The van der Waals surface area contributed by atoms with Crippen LogP contribution in [-0.4, -0.2) is 27.9 Å². The van der Waals surface area contributed by atoms with E-state index in [-0.39, 0.29) is 15.4 Å². The number of nitrogens with one attached hydrogen (secondary N) is 3. The van der Waals surface area contributed by atoms with Crippen LogP contribution < -0.4 is 16.0 Å². The third-order valence-corrected chi connectivity index (χ3v) is 7.71. The van der Waals surface area contributed by atoms with E-state index < -0.39 is 21.6 Å². The lowest BCUT2D eigenvalue weighted by atomic mass is 10.1. The maximum atomic E-state index is 13.4. The minimum atomic E-state index is -4.01. The van der Waals surface area contributed by atoms with E-state index in [2.05, 4.69) is 27.8 Å². The van der Waals surface area contributed by atoms with Crippen molar-refractivity contribution in [2.24, 2.45) is 0 Å². The van der Waals surface area contributed by atoms with Gasteiger partial charge in [-0.2, -0.15) is 0 Å². The monoisotopic (exact) mass is 553 g/mol. The molecule has 1 amide bonds. The first-order valence-corrected chi connectivity index (χ1v) is 13.9. The summed E-state index contributed by atoms with van der Waals surface area (Å²) in [5, 5.41) is 9.06. The zero-order valence-corrected chi connectivity index (χ0v) is 22.8. The lowest BCUT2D eigenvalue weighted by molar-refractivity contribution is -0.111. The Morgan fingerprint density at radius 3 is 2.20 bits per heavy atom. The molecule has 0 radical (unpaired) electrons. The molecule has 0 saturated heterocycles. The summed E-state index contributed by atoms with van der Waals surface area (Å²) < 4.78 is 40.3. The van der Waals surface area contributed by atoms with Crippen molar-refractivity contribution in [2.45, 2.75) is 16.7 Å². The Hall–Kier alpha value is -4.71. The van der Waals surface area contributed by atoms with Gasteiger partial charge >= 0.3 is 0 Å². The van der Waals surface area contributed by atoms with Crippen LogP contribution in [0.2, 0.25) is 0 Å². The van der Waals surface area contributed by atoms with Crippen LogP contribution in [0, 0.1) is 24.6 Å². The predicted molar refractivity (Wildman–Crippen MR) is 157 cm³/mol. The van der Waals surface area contributed by atoms with Crippen molar-refractivity contribution in [1.29, 1.82) is 0 Å². The number of hydrogen-bond acceptors (Lipinski definition) is 5. The second kappa shape index (κ2) is 12.9. The summed E-state index contributed by atoms with van der Waals surface area (Å²) in [6, 6.07) is 26.6. The van der Waals surface area contributed by atoms with Gasteiger partial charge in [0, 0.05) is 23.0 Å². The minimum Gasteiger partial charge on any atom is -0.355 e. The summed E-state index contributed by atoms with van der Waals surface area (Å²) >= 11 is 0. The summed E-state index contributed by atoms with van der Waals surface area (Å²) in [5.41, 5.74) is 3.39. The molecule has 0 saturated carbocycles. The largest absolute Gasteiger partial charge is 0.355 e. The molecule has 4 aromatic rings. The van der Waals surface area contributed by atoms with Crippen molar-refractivity contribution in [3.05, 3.63) is 126 Å². The van der Waals surface area contributed by atoms with E-state index >= 15 is 0 Å². The highest BCUT2D eigenvalue weighted by Crippen LogP contribution is 2.29. The number of carbonyl (C=O) groups excluding carboxylic acids is 1. The quantitative estimate of drug-likeness (QED) is 0.150. The lowest BCUT2D eigenvalue weighted by Crippen LogP contribution is -2.13. The van der Waals surface area contributed by atoms with E-state index in [9.17, 15) is 17.6 Å². The van der Waals surface area contributed by atoms with Gasteiger partial charge in [-0.15, -0.1) is 0 Å². The first-order chi connectivity index (χ1) is 19.3. The van der Waals surface area contributed by atoms with E-state index in [1.165, 1.54) is 24.3 Å². The first-order valence-electron chi connectivity index (χ1n) is 12.5. The van der Waals surface area contributed by atoms with E-state index in [4.69, 9.17) is 0 Å². The van der Waals surface area contributed by atoms with E-state index in [1.807, 2.05) is 60.7 Å². The Labute approximate surface area is 233 Å². The van der Waals surface area contributed by atoms with Crippen LogP contribution in [0.1, 0.15) is 16.7 Å². The molecule has 0 atom stereocenters. The molecule has 0 heterocycles. The van der Waals surface area contributed by atoms with Gasteiger partial charge in [-0.25, -0.2) is 12.8 Å². The van der Waals surface area contributed by atoms with Gasteiger partial charge in [0.15, 0.2) is 0 Å². The Kier molecular flexibility index (Phi) is 9.12. The molecule has 4 rings (SSSR count). The van der Waals surface area contributed by atoms with Gasteiger partial charge < -0.3 is 16.0 Å². The highest BCUT2D eigenvalue weighted by molar-refractivity contribution is 7.91. The Morgan fingerprint density at radius 1 is 0.900 bits per heavy atom. The average Bonchev–Trinajstić information content (AvgIpc) is 2.95. The zero-order chi connectivity index (χ0) is 28.5. The number of halogens is 1. The van der Waals surface area contributed by atoms with Gasteiger partial charge in [-0.3, -0.25) is 4.79 Å². The molecule has 0 aliphatic carbocycles. The number of rotatable bonds is 8. The van der Waals surface area contributed by atoms with Crippen LogP contribution in [0.4, 0.5) is 15.8 Å². The van der Waals surface area contributed by atoms with Gasteiger partial charge in [-0.1, -0.05) is 60.4 Å². The molecule has 4 aromatic carbocycles. The number of sulfone groups is 1. The third-order valence-electron chi connectivity index (χ3n) is 5.90. The standard InChI is InChI=1S/C32H28FN3O3S/c1-23-20-31(40(38,39)28-17-15-26(33)16-18-28)25(12-9-19-34-2)21-29(23)36-32(37)22-30(24-10-5-3-6-11-24)35-27-13-7-4-8-14-27/h3-8,10-11,13-18,20-22,34-35H,19H2,1-2H3,(H,36,37)/b30-22-. The van der Waals surface area contributed by atoms with Crippen molar-refractivity contribution in [3.8, 4) is 11.8 Å². The van der Waals surface area contributed by atoms with Crippen LogP contribution in [0.3, 0.4) is 0 Å². The lowest BCUT2D eigenvalue weighted by Gasteiger charge is -2.14. The Bertz CT molecular complexity index is 1690. The molecule has 40 heavy (non-hydrogen) atoms. The Morgan fingerprint density at radius 2 is 1.55 bits per heavy atom. The number of anilines is 2. The van der Waals surface area contributed by atoms with Gasteiger partial charge in [0.2, 0.25) is 15.7 Å². The summed E-state index contributed by atoms with van der Waals surface area (Å²) in [4.78, 5) is 13.1. The van der Waals surface area contributed by atoms with Gasteiger partial charge in [0.05, 0.1) is 22.0 Å². The summed E-state index contributed by atoms with van der Waals surface area (Å²) in [6.45, 7) is 2.04. The molecule has 0 fully saturated rings. The molecule has 3 N–H and O–H groups in total. The fourth-order valence-electron chi connectivity index (χ4n) is 3.89. The van der Waals surface area contributed by atoms with Crippen LogP contribution in [0.15, 0.2) is 113 Å². The summed E-state index contributed by atoms with van der Waals surface area (Å²) in [5.74, 6) is 4.84. The van der Waals surface area contributed by atoms with Gasteiger partial charge in [0.25, 0.3) is 0 Å².